The highest BCUT2D eigenvalue weighted by atomic mass is 35.5. The maximum atomic E-state index is 5.85. The Balaban J connectivity index is 0.00000196. The number of hydrogen-bond donors (Lipinski definition) is 4. The number of nitrogens with two attached hydrogens (primary N) is 1. The van der Waals surface area contributed by atoms with E-state index >= 15 is 0 Å². The number of nitrogens with zero attached hydrogens (tertiary/aromatic N) is 2. The normalized spacial score (nSPS) is 12.9. The molecule has 0 aliphatic carbocycles. The molecule has 3 rings (SSSR count). The van der Waals surface area contributed by atoms with Gasteiger partial charge in [-0.2, -0.15) is 0 Å². The molecule has 0 aromatic heterocycles. The van der Waals surface area contributed by atoms with E-state index in [1.54, 1.807) is 0 Å². The minimum Gasteiger partial charge on any atom is -0.370 e. The Labute approximate surface area is 178 Å². The molecule has 0 amide bonds. The molecule has 28 heavy (non-hydrogen) atoms. The molecule has 1 heterocycles. The van der Waals surface area contributed by atoms with Crippen molar-refractivity contribution in [1.82, 2.24) is 5.32 Å². The second kappa shape index (κ2) is 12.1. The minimum absolute atomic E-state index is 0. The quantitative estimate of drug-likeness (QED) is 0.422. The van der Waals surface area contributed by atoms with Crippen molar-refractivity contribution in [3.8, 4) is 0 Å². The standard InChI is InChI=1S/C20H26N6.2ClH/c1-2-11-22-19(21)25-17-7-3-15(4-8-17)14-16-5-9-18(10-6-16)26-20-23-12-13-24-20;;/h3-10H,2,11-14H2,1H3,(H3,21,22,25)(H2,23,24,26);2*1H. The number of benzene rings is 2. The highest BCUT2D eigenvalue weighted by Crippen LogP contribution is 2.16. The second-order valence-electron chi connectivity index (χ2n) is 6.24. The number of nitrogens with one attached hydrogen (secondary N) is 3. The number of guanidine groups is 2. The summed E-state index contributed by atoms with van der Waals surface area (Å²) >= 11 is 0. The summed E-state index contributed by atoms with van der Waals surface area (Å²) in [7, 11) is 0. The zero-order valence-electron chi connectivity index (χ0n) is 15.9. The van der Waals surface area contributed by atoms with Crippen molar-refractivity contribution in [3.63, 3.8) is 0 Å². The molecule has 1 aliphatic rings. The summed E-state index contributed by atoms with van der Waals surface area (Å²) in [6.07, 6.45) is 1.87. The molecule has 2 aromatic carbocycles. The van der Waals surface area contributed by atoms with Crippen molar-refractivity contribution >= 4 is 48.1 Å². The summed E-state index contributed by atoms with van der Waals surface area (Å²) in [5, 5.41) is 9.60. The Bertz CT molecular complexity index is 772. The fraction of sp³-hybridized carbons (Fsp3) is 0.300. The lowest BCUT2D eigenvalue weighted by atomic mass is 10.0. The van der Waals surface area contributed by atoms with Gasteiger partial charge < -0.3 is 21.7 Å². The van der Waals surface area contributed by atoms with Gasteiger partial charge in [-0.1, -0.05) is 31.2 Å². The van der Waals surface area contributed by atoms with E-state index in [1.165, 1.54) is 11.1 Å². The molecule has 0 radical (unpaired) electrons. The van der Waals surface area contributed by atoms with Gasteiger partial charge in [-0.05, 0) is 48.2 Å². The molecule has 2 aromatic rings. The number of rotatable bonds is 6. The Morgan fingerprint density at radius 3 is 2.18 bits per heavy atom. The van der Waals surface area contributed by atoms with Crippen LogP contribution in [0.2, 0.25) is 0 Å². The van der Waals surface area contributed by atoms with Crippen LogP contribution in [0, 0.1) is 0 Å². The van der Waals surface area contributed by atoms with Crippen LogP contribution >= 0.6 is 24.8 Å². The average molecular weight is 423 g/mol. The molecule has 0 fully saturated rings. The highest BCUT2D eigenvalue weighted by Gasteiger charge is 2.05. The maximum absolute atomic E-state index is 5.85. The van der Waals surface area contributed by atoms with Crippen LogP contribution in [0.4, 0.5) is 11.4 Å². The molecule has 8 heteroatoms. The number of anilines is 2. The van der Waals surface area contributed by atoms with Gasteiger partial charge in [0.1, 0.15) is 0 Å². The molecule has 5 N–H and O–H groups in total. The van der Waals surface area contributed by atoms with Crippen LogP contribution in [0.15, 0.2) is 58.5 Å². The predicted molar refractivity (Wildman–Crippen MR) is 125 cm³/mol. The lowest BCUT2D eigenvalue weighted by Gasteiger charge is -2.09. The molecular formula is C20H28Cl2N6. The molecule has 6 nitrogen and oxygen atoms in total. The molecule has 0 saturated heterocycles. The Hall–Kier alpha value is -2.44. The van der Waals surface area contributed by atoms with Crippen molar-refractivity contribution in [3.05, 3.63) is 59.7 Å². The topological polar surface area (TPSA) is 86.8 Å². The fourth-order valence-electron chi connectivity index (χ4n) is 2.69. The van der Waals surface area contributed by atoms with Crippen molar-refractivity contribution in [2.24, 2.45) is 15.7 Å². The van der Waals surface area contributed by atoms with Crippen LogP contribution in [0.25, 0.3) is 0 Å². The van der Waals surface area contributed by atoms with Gasteiger partial charge in [-0.15, -0.1) is 24.8 Å². The third-order valence-corrected chi connectivity index (χ3v) is 4.03. The third kappa shape index (κ3) is 7.29. The van der Waals surface area contributed by atoms with Crippen LogP contribution in [-0.4, -0.2) is 31.6 Å². The summed E-state index contributed by atoms with van der Waals surface area (Å²) in [4.78, 5) is 8.57. The van der Waals surface area contributed by atoms with E-state index in [1.807, 2.05) is 12.1 Å². The van der Waals surface area contributed by atoms with Gasteiger partial charge in [0, 0.05) is 24.5 Å². The van der Waals surface area contributed by atoms with E-state index < -0.39 is 0 Å². The van der Waals surface area contributed by atoms with Gasteiger partial charge in [-0.3, -0.25) is 9.98 Å². The fourth-order valence-corrected chi connectivity index (χ4v) is 2.69. The molecule has 0 spiro atoms. The van der Waals surface area contributed by atoms with Gasteiger partial charge in [0.25, 0.3) is 0 Å². The molecule has 0 bridgehead atoms. The van der Waals surface area contributed by atoms with Gasteiger partial charge in [-0.25, -0.2) is 0 Å². The number of hydrogen-bond acceptors (Lipinski definition) is 4. The molecule has 152 valence electrons. The zero-order chi connectivity index (χ0) is 18.2. The second-order valence-corrected chi connectivity index (χ2v) is 6.24. The smallest absolute Gasteiger partial charge is 0.195 e. The van der Waals surface area contributed by atoms with Crippen LogP contribution in [-0.2, 0) is 6.42 Å². The Kier molecular flexibility index (Phi) is 10.2. The zero-order valence-corrected chi connectivity index (χ0v) is 17.6. The SMILES string of the molecule is CCCN=C(N)Nc1ccc(Cc2ccc(NC3=NCCN3)cc2)cc1.Cl.Cl. The monoisotopic (exact) mass is 422 g/mol. The predicted octanol–water partition coefficient (Wildman–Crippen LogP) is 3.63. The lowest BCUT2D eigenvalue weighted by Crippen LogP contribution is -2.26. The molecular weight excluding hydrogens is 395 g/mol. The average Bonchev–Trinajstić information content (AvgIpc) is 3.16. The first kappa shape index (κ1) is 23.6. The van der Waals surface area contributed by atoms with E-state index in [9.17, 15) is 0 Å². The summed E-state index contributed by atoms with van der Waals surface area (Å²) in [6, 6.07) is 16.7. The summed E-state index contributed by atoms with van der Waals surface area (Å²) in [6.45, 7) is 4.56. The minimum atomic E-state index is 0. The van der Waals surface area contributed by atoms with E-state index in [0.717, 1.165) is 49.8 Å². The number of halogens is 2. The first-order valence-electron chi connectivity index (χ1n) is 9.03. The lowest BCUT2D eigenvalue weighted by molar-refractivity contribution is 0.929. The Morgan fingerprint density at radius 2 is 1.64 bits per heavy atom. The summed E-state index contributed by atoms with van der Waals surface area (Å²) in [5.41, 5.74) is 10.4. The molecule has 0 unspecified atom stereocenters. The van der Waals surface area contributed by atoms with Crippen molar-refractivity contribution in [2.75, 3.05) is 30.3 Å². The van der Waals surface area contributed by atoms with Crippen LogP contribution in [0.3, 0.4) is 0 Å². The highest BCUT2D eigenvalue weighted by molar-refractivity contribution is 5.94. The summed E-state index contributed by atoms with van der Waals surface area (Å²) < 4.78 is 0. The third-order valence-electron chi connectivity index (χ3n) is 4.03. The van der Waals surface area contributed by atoms with E-state index in [2.05, 4.69) is 69.3 Å². The van der Waals surface area contributed by atoms with Crippen LogP contribution < -0.4 is 21.7 Å². The van der Waals surface area contributed by atoms with Crippen molar-refractivity contribution in [1.29, 1.82) is 0 Å². The van der Waals surface area contributed by atoms with Gasteiger partial charge >= 0.3 is 0 Å². The van der Waals surface area contributed by atoms with E-state index in [4.69, 9.17) is 5.73 Å². The van der Waals surface area contributed by atoms with Gasteiger partial charge in [0.05, 0.1) is 6.54 Å². The van der Waals surface area contributed by atoms with Crippen LogP contribution in [0.1, 0.15) is 24.5 Å². The van der Waals surface area contributed by atoms with E-state index in [0.29, 0.717) is 5.96 Å². The summed E-state index contributed by atoms with van der Waals surface area (Å²) in [5.74, 6) is 1.31. The Morgan fingerprint density at radius 1 is 1.04 bits per heavy atom. The van der Waals surface area contributed by atoms with Crippen molar-refractivity contribution in [2.45, 2.75) is 19.8 Å². The molecule has 0 atom stereocenters. The first-order valence-corrected chi connectivity index (χ1v) is 9.03. The van der Waals surface area contributed by atoms with Gasteiger partial charge in [0.15, 0.2) is 11.9 Å². The largest absolute Gasteiger partial charge is 0.370 e. The van der Waals surface area contributed by atoms with Crippen LogP contribution in [0.5, 0.6) is 0 Å². The van der Waals surface area contributed by atoms with Crippen molar-refractivity contribution < 1.29 is 0 Å². The first-order chi connectivity index (χ1) is 12.7. The van der Waals surface area contributed by atoms with Gasteiger partial charge in [0.2, 0.25) is 0 Å². The maximum Gasteiger partial charge on any atom is 0.195 e. The van der Waals surface area contributed by atoms with E-state index in [-0.39, 0.29) is 24.8 Å². The molecule has 0 saturated carbocycles. The molecule has 1 aliphatic heterocycles. The number of aliphatic imine (C=N–C) groups is 2.